The van der Waals surface area contributed by atoms with Crippen molar-refractivity contribution in [3.05, 3.63) is 109 Å². The van der Waals surface area contributed by atoms with E-state index < -0.39 is 0 Å². The molecule has 0 N–H and O–H groups in total. The van der Waals surface area contributed by atoms with E-state index in [2.05, 4.69) is 71.0 Å². The number of benzene rings is 3. The Morgan fingerprint density at radius 3 is 1.92 bits per heavy atom. The van der Waals surface area contributed by atoms with Gasteiger partial charge in [-0.2, -0.15) is 0 Å². The largest absolute Gasteiger partial charge is 0.206 e. The molecule has 3 atom stereocenters. The van der Waals surface area contributed by atoms with Crippen LogP contribution >= 0.6 is 0 Å². The highest BCUT2D eigenvalue weighted by Gasteiger charge is 2.33. The lowest BCUT2D eigenvalue weighted by Crippen LogP contribution is -2.05. The second kappa shape index (κ2) is 9.82. The zero-order chi connectivity index (χ0) is 26.7. The van der Waals surface area contributed by atoms with Crippen molar-refractivity contribution in [3.63, 3.8) is 0 Å². The van der Waals surface area contributed by atoms with E-state index in [0.717, 1.165) is 54.7 Å². The molecule has 3 aliphatic carbocycles. The van der Waals surface area contributed by atoms with E-state index >= 15 is 4.39 Å². The van der Waals surface area contributed by atoms with Crippen molar-refractivity contribution in [3.8, 4) is 0 Å². The Morgan fingerprint density at radius 2 is 1.21 bits per heavy atom. The van der Waals surface area contributed by atoms with Crippen molar-refractivity contribution in [2.24, 2.45) is 0 Å². The van der Waals surface area contributed by atoms with Gasteiger partial charge in [0.25, 0.3) is 0 Å². The van der Waals surface area contributed by atoms with Crippen molar-refractivity contribution in [1.82, 2.24) is 0 Å². The molecule has 0 amide bonds. The maximum absolute atomic E-state index is 15.2. The number of rotatable bonds is 5. The van der Waals surface area contributed by atoms with Gasteiger partial charge >= 0.3 is 0 Å². The minimum atomic E-state index is 0.0238. The number of aryl methyl sites for hydroxylation is 4. The first-order valence-corrected chi connectivity index (χ1v) is 14.9. The zero-order valence-corrected chi connectivity index (χ0v) is 24.2. The minimum Gasteiger partial charge on any atom is -0.206 e. The van der Waals surface area contributed by atoms with Gasteiger partial charge in [0.05, 0.1) is 0 Å². The van der Waals surface area contributed by atoms with Crippen molar-refractivity contribution >= 4 is 5.57 Å². The normalized spacial score (nSPS) is 23.2. The predicted octanol–water partition coefficient (Wildman–Crippen LogP) is 10.6. The number of hydrogen-bond acceptors (Lipinski definition) is 0. The summed E-state index contributed by atoms with van der Waals surface area (Å²) >= 11 is 0. The van der Waals surface area contributed by atoms with Gasteiger partial charge in [0.15, 0.2) is 0 Å². The molecule has 198 valence electrons. The molecule has 0 nitrogen and oxygen atoms in total. The number of allylic oxidation sites excluding steroid dienone is 2. The highest BCUT2D eigenvalue weighted by atomic mass is 19.1. The molecule has 0 aromatic heterocycles. The zero-order valence-electron chi connectivity index (χ0n) is 24.2. The van der Waals surface area contributed by atoms with Crippen LogP contribution in [0.2, 0.25) is 0 Å². The van der Waals surface area contributed by atoms with Crippen LogP contribution in [0.25, 0.3) is 5.57 Å². The van der Waals surface area contributed by atoms with E-state index in [0.29, 0.717) is 17.8 Å². The molecule has 3 aliphatic rings. The molecule has 1 heteroatoms. The quantitative estimate of drug-likeness (QED) is 0.323. The SMILES string of the molecule is Cc1cc(C2=CCC(c3cc(C)cc(C4CC4)c3C)C2)c(C)c(C2CCC(c3c(C)ccc(C)c3F)C2)c1. The third-order valence-electron chi connectivity index (χ3n) is 10.0. The van der Waals surface area contributed by atoms with Gasteiger partial charge in [-0.25, -0.2) is 4.39 Å². The van der Waals surface area contributed by atoms with Gasteiger partial charge in [0.1, 0.15) is 5.82 Å². The van der Waals surface area contributed by atoms with Crippen molar-refractivity contribution in [2.75, 3.05) is 0 Å². The third-order valence-corrected chi connectivity index (χ3v) is 10.0. The average Bonchev–Trinajstić information content (AvgIpc) is 3.41. The second-order valence-corrected chi connectivity index (χ2v) is 12.9. The maximum Gasteiger partial charge on any atom is 0.129 e. The molecule has 0 heterocycles. The minimum absolute atomic E-state index is 0.0238. The van der Waals surface area contributed by atoms with Crippen LogP contribution in [0.3, 0.4) is 0 Å². The highest BCUT2D eigenvalue weighted by Crippen LogP contribution is 2.49. The average molecular weight is 507 g/mol. The molecule has 0 spiro atoms. The molecule has 0 saturated heterocycles. The van der Waals surface area contributed by atoms with E-state index in [1.54, 1.807) is 16.7 Å². The van der Waals surface area contributed by atoms with Gasteiger partial charge < -0.3 is 0 Å². The fourth-order valence-corrected chi connectivity index (χ4v) is 7.80. The van der Waals surface area contributed by atoms with Gasteiger partial charge in [-0.15, -0.1) is 0 Å². The molecule has 3 aromatic rings. The van der Waals surface area contributed by atoms with E-state index in [9.17, 15) is 0 Å². The fraction of sp³-hybridized carbons (Fsp3) is 0.459. The van der Waals surface area contributed by atoms with Crippen molar-refractivity contribution < 1.29 is 4.39 Å². The van der Waals surface area contributed by atoms with Crippen LogP contribution in [-0.4, -0.2) is 0 Å². The van der Waals surface area contributed by atoms with Crippen LogP contribution < -0.4 is 0 Å². The van der Waals surface area contributed by atoms with Crippen LogP contribution in [0.15, 0.2) is 42.5 Å². The molecule has 3 unspecified atom stereocenters. The smallest absolute Gasteiger partial charge is 0.129 e. The number of hydrogen-bond donors (Lipinski definition) is 0. The lowest BCUT2D eigenvalue weighted by atomic mass is 9.83. The van der Waals surface area contributed by atoms with E-state index in [1.165, 1.54) is 46.2 Å². The van der Waals surface area contributed by atoms with Gasteiger partial charge in [-0.1, -0.05) is 53.6 Å². The predicted molar refractivity (Wildman–Crippen MR) is 159 cm³/mol. The summed E-state index contributed by atoms with van der Waals surface area (Å²) in [7, 11) is 0. The summed E-state index contributed by atoms with van der Waals surface area (Å²) in [4.78, 5) is 0. The molecule has 38 heavy (non-hydrogen) atoms. The lowest BCUT2D eigenvalue weighted by molar-refractivity contribution is 0.566. The summed E-state index contributed by atoms with van der Waals surface area (Å²) in [5.74, 6) is 2.25. The Labute approximate surface area is 229 Å². The van der Waals surface area contributed by atoms with E-state index in [-0.39, 0.29) is 5.82 Å². The molecular weight excluding hydrogens is 463 g/mol. The third kappa shape index (κ3) is 4.57. The second-order valence-electron chi connectivity index (χ2n) is 12.9. The monoisotopic (exact) mass is 506 g/mol. The maximum atomic E-state index is 15.2. The van der Waals surface area contributed by atoms with E-state index in [1.807, 2.05) is 13.0 Å². The first-order chi connectivity index (χ1) is 18.2. The summed E-state index contributed by atoms with van der Waals surface area (Å²) in [6, 6.07) is 13.8. The first-order valence-electron chi connectivity index (χ1n) is 14.9. The van der Waals surface area contributed by atoms with Crippen LogP contribution in [0.4, 0.5) is 4.39 Å². The van der Waals surface area contributed by atoms with Gasteiger partial charge in [0.2, 0.25) is 0 Å². The van der Waals surface area contributed by atoms with Crippen LogP contribution in [0, 0.1) is 47.4 Å². The van der Waals surface area contributed by atoms with E-state index in [4.69, 9.17) is 0 Å². The molecule has 0 aliphatic heterocycles. The first kappa shape index (κ1) is 25.6. The molecule has 2 fully saturated rings. The molecule has 3 aromatic carbocycles. The van der Waals surface area contributed by atoms with Gasteiger partial charge in [-0.3, -0.25) is 0 Å². The Bertz CT molecular complexity index is 1430. The summed E-state index contributed by atoms with van der Waals surface area (Å²) in [6.07, 6.45) is 10.8. The Hall–Kier alpha value is -2.67. The summed E-state index contributed by atoms with van der Waals surface area (Å²) in [6.45, 7) is 13.2. The Kier molecular flexibility index (Phi) is 6.61. The van der Waals surface area contributed by atoms with Crippen LogP contribution in [-0.2, 0) is 0 Å². The lowest BCUT2D eigenvalue weighted by Gasteiger charge is -2.21. The van der Waals surface area contributed by atoms with Gasteiger partial charge in [0, 0.05) is 0 Å². The molecular formula is C37H43F. The topological polar surface area (TPSA) is 0 Å². The van der Waals surface area contributed by atoms with Crippen molar-refractivity contribution in [1.29, 1.82) is 0 Å². The summed E-state index contributed by atoms with van der Waals surface area (Å²) in [5, 5.41) is 0. The Balaban J connectivity index is 1.26. The summed E-state index contributed by atoms with van der Waals surface area (Å²) in [5.41, 5.74) is 16.3. The fourth-order valence-electron chi connectivity index (χ4n) is 7.80. The van der Waals surface area contributed by atoms with Crippen LogP contribution in [0.1, 0.15) is 130 Å². The van der Waals surface area contributed by atoms with Gasteiger partial charge in [-0.05, 0) is 166 Å². The summed E-state index contributed by atoms with van der Waals surface area (Å²) < 4.78 is 15.2. The molecule has 6 rings (SSSR count). The van der Waals surface area contributed by atoms with Crippen molar-refractivity contribution in [2.45, 2.75) is 110 Å². The Morgan fingerprint density at radius 1 is 0.632 bits per heavy atom. The van der Waals surface area contributed by atoms with Crippen LogP contribution in [0.5, 0.6) is 0 Å². The molecule has 0 radical (unpaired) electrons. The highest BCUT2D eigenvalue weighted by molar-refractivity contribution is 5.73. The molecule has 2 saturated carbocycles. The number of halogens is 1. The standard InChI is InChI=1S/C37H43F/c1-21-15-32(27-9-10-27)25(5)33(16-21)28-11-12-29(19-28)34-17-22(2)18-35(26(34)6)30-13-14-31(20-30)36-23(3)7-8-24(4)37(36)38/h7-8,12,15-18,27-28,30-31H,9-11,13-14,19-20H2,1-6H3. The molecule has 0 bridgehead atoms.